The summed E-state index contributed by atoms with van der Waals surface area (Å²) in [5.41, 5.74) is -0.324. The van der Waals surface area contributed by atoms with Gasteiger partial charge >= 0.3 is 5.97 Å². The lowest BCUT2D eigenvalue weighted by atomic mass is 9.79. The molecule has 0 aromatic heterocycles. The lowest BCUT2D eigenvalue weighted by Crippen LogP contribution is -2.51. The van der Waals surface area contributed by atoms with E-state index >= 15 is 0 Å². The molecule has 20 heavy (non-hydrogen) atoms. The molecule has 0 radical (unpaired) electrons. The van der Waals surface area contributed by atoms with Gasteiger partial charge in [0.1, 0.15) is 0 Å². The number of rotatable bonds is 5. The van der Waals surface area contributed by atoms with Crippen LogP contribution < -0.4 is 10.6 Å². The molecule has 5 nitrogen and oxygen atoms in total. The van der Waals surface area contributed by atoms with Gasteiger partial charge in [0.2, 0.25) is 5.91 Å². The van der Waals surface area contributed by atoms with Crippen molar-refractivity contribution in [2.45, 2.75) is 57.9 Å². The maximum atomic E-state index is 12.6. The highest BCUT2D eigenvalue weighted by Gasteiger charge is 2.42. The number of hydrogen-bond acceptors (Lipinski definition) is 3. The Morgan fingerprint density at radius 1 is 1.35 bits per heavy atom. The first-order chi connectivity index (χ1) is 9.59. The Morgan fingerprint density at radius 3 is 2.70 bits per heavy atom. The molecule has 1 amide bonds. The van der Waals surface area contributed by atoms with E-state index in [0.717, 1.165) is 51.6 Å². The Bertz CT molecular complexity index is 364. The van der Waals surface area contributed by atoms with Crippen molar-refractivity contribution < 1.29 is 14.7 Å². The standard InChI is InChI=1S/C15H26N2O3/c1-2-7-15(8-9-16-10-15)14(20)17-12-6-4-3-5-11(12)13(18)19/h11-12,16H,2-10H2,1H3,(H,17,20)(H,18,19). The minimum atomic E-state index is -0.774. The predicted octanol–water partition coefficient (Wildman–Crippen LogP) is 1.53. The van der Waals surface area contributed by atoms with Crippen LogP contribution in [0.25, 0.3) is 0 Å². The summed E-state index contributed by atoms with van der Waals surface area (Å²) in [6.45, 7) is 3.69. The zero-order chi connectivity index (χ0) is 14.6. The topological polar surface area (TPSA) is 78.4 Å². The Kier molecular flexibility index (Phi) is 5.02. The molecule has 2 rings (SSSR count). The van der Waals surface area contributed by atoms with Gasteiger partial charge in [-0.2, -0.15) is 0 Å². The van der Waals surface area contributed by atoms with E-state index in [0.29, 0.717) is 6.42 Å². The van der Waals surface area contributed by atoms with E-state index < -0.39 is 11.9 Å². The highest BCUT2D eigenvalue weighted by Crippen LogP contribution is 2.33. The molecule has 3 atom stereocenters. The van der Waals surface area contributed by atoms with Gasteiger partial charge in [0.15, 0.2) is 0 Å². The molecule has 1 saturated heterocycles. The van der Waals surface area contributed by atoms with Gasteiger partial charge in [0, 0.05) is 12.6 Å². The van der Waals surface area contributed by atoms with Crippen molar-refractivity contribution >= 4 is 11.9 Å². The van der Waals surface area contributed by atoms with Crippen LogP contribution in [0.2, 0.25) is 0 Å². The molecule has 2 aliphatic rings. The minimum Gasteiger partial charge on any atom is -0.481 e. The molecule has 3 unspecified atom stereocenters. The molecule has 1 saturated carbocycles. The molecule has 5 heteroatoms. The predicted molar refractivity (Wildman–Crippen MR) is 76.4 cm³/mol. The number of aliphatic carboxylic acids is 1. The Hall–Kier alpha value is -1.10. The fourth-order valence-electron chi connectivity index (χ4n) is 3.66. The molecule has 1 aliphatic heterocycles. The second-order valence-electron chi connectivity index (χ2n) is 6.27. The maximum Gasteiger partial charge on any atom is 0.308 e. The number of carboxylic acids is 1. The summed E-state index contributed by atoms with van der Waals surface area (Å²) in [5.74, 6) is -1.13. The largest absolute Gasteiger partial charge is 0.481 e. The average Bonchev–Trinajstić information content (AvgIpc) is 2.89. The molecule has 1 heterocycles. The summed E-state index contributed by atoms with van der Waals surface area (Å²) in [6.07, 6.45) is 6.13. The molecule has 114 valence electrons. The Balaban J connectivity index is 2.03. The van der Waals surface area contributed by atoms with Crippen molar-refractivity contribution in [2.75, 3.05) is 13.1 Å². The molecule has 1 aliphatic carbocycles. The van der Waals surface area contributed by atoms with Crippen LogP contribution in [0.5, 0.6) is 0 Å². The number of carboxylic acid groups (broad SMARTS) is 1. The van der Waals surface area contributed by atoms with Gasteiger partial charge < -0.3 is 15.7 Å². The van der Waals surface area contributed by atoms with Gasteiger partial charge in [-0.25, -0.2) is 0 Å². The van der Waals surface area contributed by atoms with Crippen LogP contribution in [0.15, 0.2) is 0 Å². The van der Waals surface area contributed by atoms with E-state index in [-0.39, 0.29) is 17.4 Å². The third kappa shape index (κ3) is 3.14. The van der Waals surface area contributed by atoms with E-state index in [1.54, 1.807) is 0 Å². The van der Waals surface area contributed by atoms with Crippen LogP contribution in [-0.2, 0) is 9.59 Å². The van der Waals surface area contributed by atoms with Gasteiger partial charge in [-0.15, -0.1) is 0 Å². The smallest absolute Gasteiger partial charge is 0.308 e. The third-order valence-electron chi connectivity index (χ3n) is 4.85. The van der Waals surface area contributed by atoms with Crippen molar-refractivity contribution in [3.63, 3.8) is 0 Å². The summed E-state index contributed by atoms with van der Waals surface area (Å²) in [6, 6.07) is -0.192. The Morgan fingerprint density at radius 2 is 2.10 bits per heavy atom. The maximum absolute atomic E-state index is 12.6. The first-order valence-electron chi connectivity index (χ1n) is 7.83. The van der Waals surface area contributed by atoms with Crippen molar-refractivity contribution in [1.29, 1.82) is 0 Å². The van der Waals surface area contributed by atoms with E-state index in [1.165, 1.54) is 0 Å². The van der Waals surface area contributed by atoms with E-state index in [2.05, 4.69) is 17.6 Å². The fraction of sp³-hybridized carbons (Fsp3) is 0.867. The summed E-state index contributed by atoms with van der Waals surface area (Å²) in [5, 5.41) is 15.6. The second-order valence-corrected chi connectivity index (χ2v) is 6.27. The molecule has 0 aromatic rings. The number of carbonyl (C=O) groups is 2. The normalized spacial score (nSPS) is 33.9. The summed E-state index contributed by atoms with van der Waals surface area (Å²) < 4.78 is 0. The monoisotopic (exact) mass is 282 g/mol. The lowest BCUT2D eigenvalue weighted by molar-refractivity contribution is -0.144. The molecular formula is C15H26N2O3. The van der Waals surface area contributed by atoms with Gasteiger partial charge in [-0.05, 0) is 32.2 Å². The van der Waals surface area contributed by atoms with Crippen molar-refractivity contribution in [3.8, 4) is 0 Å². The van der Waals surface area contributed by atoms with Crippen LogP contribution >= 0.6 is 0 Å². The number of nitrogens with one attached hydrogen (secondary N) is 2. The number of hydrogen-bond donors (Lipinski definition) is 3. The highest BCUT2D eigenvalue weighted by atomic mass is 16.4. The first kappa shape index (κ1) is 15.3. The molecular weight excluding hydrogens is 256 g/mol. The zero-order valence-electron chi connectivity index (χ0n) is 12.3. The van der Waals surface area contributed by atoms with Gasteiger partial charge in [-0.3, -0.25) is 9.59 Å². The van der Waals surface area contributed by atoms with Crippen LogP contribution in [0.4, 0.5) is 0 Å². The third-order valence-corrected chi connectivity index (χ3v) is 4.85. The minimum absolute atomic E-state index is 0.0579. The molecule has 0 aromatic carbocycles. The Labute approximate surface area is 120 Å². The fourth-order valence-corrected chi connectivity index (χ4v) is 3.66. The highest BCUT2D eigenvalue weighted by molar-refractivity contribution is 5.84. The first-order valence-corrected chi connectivity index (χ1v) is 7.83. The summed E-state index contributed by atoms with van der Waals surface area (Å²) in [4.78, 5) is 24.0. The quantitative estimate of drug-likeness (QED) is 0.714. The van der Waals surface area contributed by atoms with Gasteiger partial charge in [0.05, 0.1) is 11.3 Å². The molecule has 0 bridgehead atoms. The van der Waals surface area contributed by atoms with E-state index in [1.807, 2.05) is 0 Å². The molecule has 0 spiro atoms. The molecule has 3 N–H and O–H groups in total. The zero-order valence-corrected chi connectivity index (χ0v) is 12.3. The van der Waals surface area contributed by atoms with Gasteiger partial charge in [0.25, 0.3) is 0 Å². The van der Waals surface area contributed by atoms with Crippen molar-refractivity contribution in [1.82, 2.24) is 10.6 Å². The van der Waals surface area contributed by atoms with Crippen molar-refractivity contribution in [3.05, 3.63) is 0 Å². The van der Waals surface area contributed by atoms with Crippen molar-refractivity contribution in [2.24, 2.45) is 11.3 Å². The number of carbonyl (C=O) groups excluding carboxylic acids is 1. The average molecular weight is 282 g/mol. The number of amides is 1. The SMILES string of the molecule is CCCC1(C(=O)NC2CCCCC2C(=O)O)CCNC1. The van der Waals surface area contributed by atoms with E-state index in [9.17, 15) is 14.7 Å². The lowest BCUT2D eigenvalue weighted by Gasteiger charge is -2.34. The van der Waals surface area contributed by atoms with Crippen LogP contribution in [0, 0.1) is 11.3 Å². The van der Waals surface area contributed by atoms with Gasteiger partial charge in [-0.1, -0.05) is 26.2 Å². The summed E-state index contributed by atoms with van der Waals surface area (Å²) in [7, 11) is 0. The molecule has 2 fully saturated rings. The summed E-state index contributed by atoms with van der Waals surface area (Å²) >= 11 is 0. The van der Waals surface area contributed by atoms with Crippen LogP contribution in [0.1, 0.15) is 51.9 Å². The second kappa shape index (κ2) is 6.57. The van der Waals surface area contributed by atoms with E-state index in [4.69, 9.17) is 0 Å². The van der Waals surface area contributed by atoms with Crippen LogP contribution in [0.3, 0.4) is 0 Å². The van der Waals surface area contributed by atoms with Crippen LogP contribution in [-0.4, -0.2) is 36.1 Å².